The zero-order valence-corrected chi connectivity index (χ0v) is 7.54. The fourth-order valence-corrected chi connectivity index (χ4v) is 1.15. The largest absolute Gasteiger partial charge is 0.392 e. The summed E-state index contributed by atoms with van der Waals surface area (Å²) >= 11 is 0. The predicted octanol–water partition coefficient (Wildman–Crippen LogP) is 1.04. The van der Waals surface area contributed by atoms with E-state index in [1.54, 1.807) is 19.1 Å². The van der Waals surface area contributed by atoms with Crippen molar-refractivity contribution in [3.63, 3.8) is 0 Å². The maximum Gasteiger partial charge on any atom is 0.0685 e. The molecule has 0 aliphatic heterocycles. The van der Waals surface area contributed by atoms with Crippen LogP contribution in [0, 0.1) is 11.8 Å². The van der Waals surface area contributed by atoms with Gasteiger partial charge in [-0.1, -0.05) is 12.0 Å². The Morgan fingerprint density at radius 2 is 1.85 bits per heavy atom. The Kier molecular flexibility index (Phi) is 3.51. The van der Waals surface area contributed by atoms with Crippen LogP contribution in [0.2, 0.25) is 0 Å². The fraction of sp³-hybridized carbons (Fsp3) is 0.273. The summed E-state index contributed by atoms with van der Waals surface area (Å²) in [4.78, 5) is 0. The Bertz CT molecular complexity index is 345. The molecular formula is C11H12O2. The molecule has 2 N–H and O–H groups in total. The molecule has 0 saturated carbocycles. The molecule has 2 heteroatoms. The van der Waals surface area contributed by atoms with Gasteiger partial charge in [-0.2, -0.15) is 0 Å². The van der Waals surface area contributed by atoms with E-state index in [9.17, 15) is 0 Å². The first-order valence-electron chi connectivity index (χ1n) is 4.08. The van der Waals surface area contributed by atoms with Crippen LogP contribution in [-0.4, -0.2) is 10.2 Å². The number of aliphatic hydroxyl groups excluding tert-OH is 2. The van der Waals surface area contributed by atoms with Crippen molar-refractivity contribution in [2.24, 2.45) is 0 Å². The third kappa shape index (κ3) is 2.32. The summed E-state index contributed by atoms with van der Waals surface area (Å²) in [6.45, 7) is 1.66. The van der Waals surface area contributed by atoms with E-state index in [1.807, 2.05) is 6.07 Å². The van der Waals surface area contributed by atoms with E-state index in [2.05, 4.69) is 11.8 Å². The Hall–Kier alpha value is -1.30. The standard InChI is InChI=1S/C11H12O2/c1-2-3-9-4-5-10(7-12)11(6-9)8-13/h4-6,12-13H,7-8H2,1H3. The van der Waals surface area contributed by atoms with E-state index in [1.165, 1.54) is 0 Å². The Labute approximate surface area is 77.8 Å². The highest BCUT2D eigenvalue weighted by Crippen LogP contribution is 2.11. The van der Waals surface area contributed by atoms with Gasteiger partial charge in [0.15, 0.2) is 0 Å². The number of rotatable bonds is 2. The van der Waals surface area contributed by atoms with Crippen molar-refractivity contribution >= 4 is 0 Å². The van der Waals surface area contributed by atoms with Crippen molar-refractivity contribution in [3.8, 4) is 11.8 Å². The van der Waals surface area contributed by atoms with Gasteiger partial charge in [-0.15, -0.1) is 5.92 Å². The van der Waals surface area contributed by atoms with Crippen LogP contribution in [0.15, 0.2) is 18.2 Å². The maximum atomic E-state index is 8.98. The Morgan fingerprint density at radius 1 is 1.15 bits per heavy atom. The summed E-state index contributed by atoms with van der Waals surface area (Å²) < 4.78 is 0. The lowest BCUT2D eigenvalue weighted by atomic mass is 10.1. The van der Waals surface area contributed by atoms with E-state index < -0.39 is 0 Å². The molecule has 0 unspecified atom stereocenters. The average molecular weight is 176 g/mol. The zero-order valence-electron chi connectivity index (χ0n) is 7.54. The second kappa shape index (κ2) is 4.66. The van der Waals surface area contributed by atoms with Gasteiger partial charge in [0.2, 0.25) is 0 Å². The normalized spacial score (nSPS) is 9.15. The van der Waals surface area contributed by atoms with Crippen LogP contribution in [0.5, 0.6) is 0 Å². The Balaban J connectivity index is 3.10. The number of hydrogen-bond donors (Lipinski definition) is 2. The summed E-state index contributed by atoms with van der Waals surface area (Å²) in [5.41, 5.74) is 2.36. The van der Waals surface area contributed by atoms with Crippen molar-refractivity contribution in [1.29, 1.82) is 0 Å². The minimum Gasteiger partial charge on any atom is -0.392 e. The van der Waals surface area contributed by atoms with Gasteiger partial charge >= 0.3 is 0 Å². The molecule has 0 fully saturated rings. The molecular weight excluding hydrogens is 164 g/mol. The summed E-state index contributed by atoms with van der Waals surface area (Å²) in [5.74, 6) is 5.67. The molecule has 0 aliphatic rings. The van der Waals surface area contributed by atoms with Gasteiger partial charge in [0.25, 0.3) is 0 Å². The van der Waals surface area contributed by atoms with Gasteiger partial charge in [-0.25, -0.2) is 0 Å². The molecule has 13 heavy (non-hydrogen) atoms. The number of benzene rings is 1. The van der Waals surface area contributed by atoms with E-state index in [-0.39, 0.29) is 13.2 Å². The third-order valence-electron chi connectivity index (χ3n) is 1.82. The SMILES string of the molecule is CC#Cc1ccc(CO)c(CO)c1. The van der Waals surface area contributed by atoms with Gasteiger partial charge < -0.3 is 10.2 Å². The van der Waals surface area contributed by atoms with Crippen LogP contribution in [0.1, 0.15) is 23.6 Å². The maximum absolute atomic E-state index is 8.98. The van der Waals surface area contributed by atoms with E-state index in [0.717, 1.165) is 16.7 Å². The summed E-state index contributed by atoms with van der Waals surface area (Å²) in [7, 11) is 0. The topological polar surface area (TPSA) is 40.5 Å². The second-order valence-electron chi connectivity index (χ2n) is 2.67. The lowest BCUT2D eigenvalue weighted by molar-refractivity contribution is 0.260. The molecule has 0 heterocycles. The molecule has 0 amide bonds. The lowest BCUT2D eigenvalue weighted by Crippen LogP contribution is -1.94. The van der Waals surface area contributed by atoms with Crippen molar-refractivity contribution in [2.75, 3.05) is 0 Å². The number of aliphatic hydroxyl groups is 2. The van der Waals surface area contributed by atoms with E-state index in [4.69, 9.17) is 10.2 Å². The first kappa shape index (κ1) is 9.79. The van der Waals surface area contributed by atoms with Crippen molar-refractivity contribution in [1.82, 2.24) is 0 Å². The minimum atomic E-state index is -0.0604. The molecule has 2 nitrogen and oxygen atoms in total. The van der Waals surface area contributed by atoms with Crippen LogP contribution in [-0.2, 0) is 13.2 Å². The zero-order chi connectivity index (χ0) is 9.68. The molecule has 0 atom stereocenters. The molecule has 0 aromatic heterocycles. The lowest BCUT2D eigenvalue weighted by Gasteiger charge is -2.04. The first-order chi connectivity index (χ1) is 6.31. The van der Waals surface area contributed by atoms with Crippen molar-refractivity contribution in [3.05, 3.63) is 34.9 Å². The summed E-state index contributed by atoms with van der Waals surface area (Å²) in [6, 6.07) is 5.41. The minimum absolute atomic E-state index is 0.0459. The number of hydrogen-bond acceptors (Lipinski definition) is 2. The molecule has 0 aliphatic carbocycles. The highest BCUT2D eigenvalue weighted by Gasteiger charge is 2.00. The quantitative estimate of drug-likeness (QED) is 0.661. The average Bonchev–Trinajstić information content (AvgIpc) is 2.18. The molecule has 1 aromatic rings. The molecule has 68 valence electrons. The molecule has 0 bridgehead atoms. The summed E-state index contributed by atoms with van der Waals surface area (Å²) in [5, 5.41) is 17.9. The monoisotopic (exact) mass is 176 g/mol. The predicted molar refractivity (Wildman–Crippen MR) is 50.8 cm³/mol. The highest BCUT2D eigenvalue weighted by molar-refractivity contribution is 5.40. The Morgan fingerprint density at radius 3 is 2.38 bits per heavy atom. The van der Waals surface area contributed by atoms with Crippen LogP contribution in [0.3, 0.4) is 0 Å². The molecule has 0 spiro atoms. The van der Waals surface area contributed by atoms with Gasteiger partial charge in [-0.05, 0) is 30.2 Å². The van der Waals surface area contributed by atoms with Crippen LogP contribution in [0.25, 0.3) is 0 Å². The third-order valence-corrected chi connectivity index (χ3v) is 1.82. The van der Waals surface area contributed by atoms with Crippen molar-refractivity contribution in [2.45, 2.75) is 20.1 Å². The highest BCUT2D eigenvalue weighted by atomic mass is 16.3. The molecule has 0 saturated heterocycles. The first-order valence-corrected chi connectivity index (χ1v) is 4.08. The smallest absolute Gasteiger partial charge is 0.0685 e. The van der Waals surface area contributed by atoms with Gasteiger partial charge in [-0.3, -0.25) is 0 Å². The molecule has 1 rings (SSSR count). The van der Waals surface area contributed by atoms with Crippen LogP contribution >= 0.6 is 0 Å². The fourth-order valence-electron chi connectivity index (χ4n) is 1.15. The van der Waals surface area contributed by atoms with Crippen LogP contribution in [0.4, 0.5) is 0 Å². The summed E-state index contributed by atoms with van der Waals surface area (Å²) in [6.07, 6.45) is 0. The second-order valence-corrected chi connectivity index (χ2v) is 2.67. The van der Waals surface area contributed by atoms with Crippen LogP contribution < -0.4 is 0 Å². The molecule has 1 aromatic carbocycles. The molecule has 0 radical (unpaired) electrons. The van der Waals surface area contributed by atoms with Gasteiger partial charge in [0.1, 0.15) is 0 Å². The van der Waals surface area contributed by atoms with Gasteiger partial charge in [0.05, 0.1) is 13.2 Å². The van der Waals surface area contributed by atoms with Gasteiger partial charge in [0, 0.05) is 5.56 Å². The van der Waals surface area contributed by atoms with Crippen molar-refractivity contribution < 1.29 is 10.2 Å². The van der Waals surface area contributed by atoms with E-state index in [0.29, 0.717) is 0 Å². The van der Waals surface area contributed by atoms with E-state index >= 15 is 0 Å².